The van der Waals surface area contributed by atoms with E-state index in [-0.39, 0.29) is 5.91 Å². The van der Waals surface area contributed by atoms with E-state index in [2.05, 4.69) is 5.32 Å². The molecule has 29 heavy (non-hydrogen) atoms. The maximum atomic E-state index is 12.3. The number of carbonyl (C=O) groups is 1. The van der Waals surface area contributed by atoms with Gasteiger partial charge in [0.1, 0.15) is 5.69 Å². The van der Waals surface area contributed by atoms with Crippen molar-refractivity contribution >= 4 is 11.6 Å². The number of aromatic nitrogens is 1. The number of nitrogens with zero attached hydrogens (tertiary/aromatic N) is 1. The van der Waals surface area contributed by atoms with E-state index in [1.54, 1.807) is 0 Å². The summed E-state index contributed by atoms with van der Waals surface area (Å²) in [7, 11) is 0. The van der Waals surface area contributed by atoms with Gasteiger partial charge in [0.05, 0.1) is 0 Å². The quantitative estimate of drug-likeness (QED) is 0.452. The lowest BCUT2D eigenvalue weighted by Crippen LogP contribution is -2.12. The summed E-state index contributed by atoms with van der Waals surface area (Å²) in [6, 6.07) is 27.6. The van der Waals surface area contributed by atoms with E-state index in [4.69, 9.17) is 9.40 Å². The molecular weight excluding hydrogens is 360 g/mol. The van der Waals surface area contributed by atoms with Gasteiger partial charge in [0.2, 0.25) is 5.91 Å². The number of hydrogen-bond donors (Lipinski definition) is 1. The van der Waals surface area contributed by atoms with Crippen LogP contribution in [0.15, 0.2) is 89.3 Å². The van der Waals surface area contributed by atoms with Crippen LogP contribution in [0.2, 0.25) is 0 Å². The van der Waals surface area contributed by atoms with E-state index in [0.717, 1.165) is 33.8 Å². The van der Waals surface area contributed by atoms with Crippen molar-refractivity contribution < 1.29 is 9.21 Å². The highest BCUT2D eigenvalue weighted by Crippen LogP contribution is 2.32. The van der Waals surface area contributed by atoms with Crippen molar-refractivity contribution in [1.29, 1.82) is 0 Å². The minimum Gasteiger partial charge on any atom is -0.440 e. The summed E-state index contributed by atoms with van der Waals surface area (Å²) >= 11 is 0. The molecule has 0 fully saturated rings. The Morgan fingerprint density at radius 1 is 0.862 bits per heavy atom. The number of hydrogen-bond acceptors (Lipinski definition) is 3. The van der Waals surface area contributed by atoms with Gasteiger partial charge >= 0.3 is 0 Å². The average Bonchev–Trinajstić information content (AvgIpc) is 3.20. The monoisotopic (exact) mass is 382 g/mol. The number of aryl methyl sites for hydroxylation is 2. The fourth-order valence-electron chi connectivity index (χ4n) is 3.13. The summed E-state index contributed by atoms with van der Waals surface area (Å²) in [6.07, 6.45) is 0.737. The molecule has 144 valence electrons. The molecule has 0 atom stereocenters. The molecule has 0 aliphatic carbocycles. The molecule has 1 aromatic heterocycles. The predicted octanol–water partition coefficient (Wildman–Crippen LogP) is 5.89. The third-order valence-corrected chi connectivity index (χ3v) is 4.66. The Labute approximate surface area is 170 Å². The molecule has 0 aliphatic heterocycles. The zero-order valence-corrected chi connectivity index (χ0v) is 16.3. The van der Waals surface area contributed by atoms with Gasteiger partial charge in [-0.15, -0.1) is 0 Å². The van der Waals surface area contributed by atoms with E-state index >= 15 is 0 Å². The zero-order chi connectivity index (χ0) is 20.1. The van der Waals surface area contributed by atoms with Gasteiger partial charge in [0.25, 0.3) is 0 Å². The summed E-state index contributed by atoms with van der Waals surface area (Å²) in [4.78, 5) is 17.0. The summed E-state index contributed by atoms with van der Waals surface area (Å²) < 4.78 is 6.08. The van der Waals surface area contributed by atoms with Crippen molar-refractivity contribution in [3.63, 3.8) is 0 Å². The lowest BCUT2D eigenvalue weighted by atomic mass is 10.1. The van der Waals surface area contributed by atoms with Crippen molar-refractivity contribution in [3.8, 4) is 22.6 Å². The van der Waals surface area contributed by atoms with E-state index < -0.39 is 0 Å². The van der Waals surface area contributed by atoms with Gasteiger partial charge in [-0.25, -0.2) is 4.98 Å². The summed E-state index contributed by atoms with van der Waals surface area (Å²) in [5.41, 5.74) is 4.71. The van der Waals surface area contributed by atoms with Crippen LogP contribution in [0.5, 0.6) is 0 Å². The van der Waals surface area contributed by atoms with Crippen LogP contribution in [0.1, 0.15) is 17.9 Å². The first-order valence-electron chi connectivity index (χ1n) is 9.66. The molecule has 4 nitrogen and oxygen atoms in total. The van der Waals surface area contributed by atoms with Crippen LogP contribution in [-0.2, 0) is 11.2 Å². The second-order valence-corrected chi connectivity index (χ2v) is 6.93. The van der Waals surface area contributed by atoms with Crippen LogP contribution in [0, 0.1) is 6.92 Å². The first kappa shape index (κ1) is 18.7. The summed E-state index contributed by atoms with van der Waals surface area (Å²) in [5.74, 6) is 1.22. The van der Waals surface area contributed by atoms with Gasteiger partial charge < -0.3 is 9.73 Å². The largest absolute Gasteiger partial charge is 0.440 e. The lowest BCUT2D eigenvalue weighted by molar-refractivity contribution is -0.116. The Bertz CT molecular complexity index is 1030. The molecule has 3 aromatic carbocycles. The molecule has 1 N–H and O–H groups in total. The number of benzene rings is 3. The lowest BCUT2D eigenvalue weighted by Gasteiger charge is -2.04. The second kappa shape index (κ2) is 8.57. The van der Waals surface area contributed by atoms with E-state index in [9.17, 15) is 4.79 Å². The molecule has 4 heteroatoms. The number of oxazole rings is 1. The third-order valence-electron chi connectivity index (χ3n) is 4.66. The maximum Gasteiger partial charge on any atom is 0.224 e. The third kappa shape index (κ3) is 4.61. The molecule has 4 rings (SSSR count). The highest BCUT2D eigenvalue weighted by Gasteiger charge is 2.17. The molecule has 0 spiro atoms. The Kier molecular flexibility index (Phi) is 5.52. The molecule has 0 saturated carbocycles. The van der Waals surface area contributed by atoms with Gasteiger partial charge in [-0.05, 0) is 19.1 Å². The number of anilines is 1. The van der Waals surface area contributed by atoms with Crippen LogP contribution < -0.4 is 5.32 Å². The Balaban J connectivity index is 1.53. The summed E-state index contributed by atoms with van der Waals surface area (Å²) in [5, 5.41) is 2.92. The first-order valence-corrected chi connectivity index (χ1v) is 9.66. The van der Waals surface area contributed by atoms with E-state index in [1.165, 1.54) is 0 Å². The SMILES string of the molecule is Cc1ccc(NC(=O)CCc2nc(-c3ccccc3)c(-c3ccccc3)o2)cc1. The van der Waals surface area contributed by atoms with Crippen LogP contribution in [0.3, 0.4) is 0 Å². The Hall–Kier alpha value is -3.66. The number of carbonyl (C=O) groups excluding carboxylic acids is 1. The number of amides is 1. The molecule has 1 amide bonds. The smallest absolute Gasteiger partial charge is 0.224 e. The van der Waals surface area contributed by atoms with Gasteiger partial charge in [0.15, 0.2) is 11.7 Å². The molecule has 0 radical (unpaired) electrons. The van der Waals surface area contributed by atoms with Crippen LogP contribution in [-0.4, -0.2) is 10.9 Å². The average molecular weight is 382 g/mol. The highest BCUT2D eigenvalue weighted by atomic mass is 16.4. The van der Waals surface area contributed by atoms with E-state index in [0.29, 0.717) is 18.7 Å². The van der Waals surface area contributed by atoms with Crippen LogP contribution >= 0.6 is 0 Å². The number of nitrogens with one attached hydrogen (secondary N) is 1. The highest BCUT2D eigenvalue weighted by molar-refractivity contribution is 5.90. The van der Waals surface area contributed by atoms with Crippen LogP contribution in [0.25, 0.3) is 22.6 Å². The normalized spacial score (nSPS) is 10.7. The molecule has 4 aromatic rings. The van der Waals surface area contributed by atoms with E-state index in [1.807, 2.05) is 91.9 Å². The molecule has 0 aliphatic rings. The molecular formula is C25H22N2O2. The molecule has 0 unspecified atom stereocenters. The molecule has 0 bridgehead atoms. The second-order valence-electron chi connectivity index (χ2n) is 6.93. The molecule has 1 heterocycles. The Morgan fingerprint density at radius 3 is 2.14 bits per heavy atom. The fourth-order valence-corrected chi connectivity index (χ4v) is 3.13. The minimum absolute atomic E-state index is 0.0606. The van der Waals surface area contributed by atoms with Crippen molar-refractivity contribution in [2.24, 2.45) is 0 Å². The number of rotatable bonds is 6. The van der Waals surface area contributed by atoms with Crippen molar-refractivity contribution in [2.45, 2.75) is 19.8 Å². The van der Waals surface area contributed by atoms with Gasteiger partial charge in [-0.3, -0.25) is 4.79 Å². The van der Waals surface area contributed by atoms with Gasteiger partial charge in [-0.1, -0.05) is 78.4 Å². The van der Waals surface area contributed by atoms with Gasteiger partial charge in [-0.2, -0.15) is 0 Å². The van der Waals surface area contributed by atoms with Crippen LogP contribution in [0.4, 0.5) is 5.69 Å². The summed E-state index contributed by atoms with van der Waals surface area (Å²) in [6.45, 7) is 2.02. The van der Waals surface area contributed by atoms with Crippen molar-refractivity contribution in [1.82, 2.24) is 4.98 Å². The minimum atomic E-state index is -0.0606. The first-order chi connectivity index (χ1) is 14.2. The molecule has 0 saturated heterocycles. The van der Waals surface area contributed by atoms with Crippen molar-refractivity contribution in [3.05, 3.63) is 96.4 Å². The fraction of sp³-hybridized carbons (Fsp3) is 0.120. The van der Waals surface area contributed by atoms with Crippen molar-refractivity contribution in [2.75, 3.05) is 5.32 Å². The van der Waals surface area contributed by atoms with Gasteiger partial charge in [0, 0.05) is 29.7 Å². The topological polar surface area (TPSA) is 55.1 Å². The zero-order valence-electron chi connectivity index (χ0n) is 16.3. The standard InChI is InChI=1S/C25H22N2O2/c1-18-12-14-21(15-13-18)26-22(28)16-17-23-27-24(19-8-4-2-5-9-19)25(29-23)20-10-6-3-7-11-20/h2-15H,16-17H2,1H3,(H,26,28). The predicted molar refractivity (Wildman–Crippen MR) is 116 cm³/mol. The maximum absolute atomic E-state index is 12.3. The Morgan fingerprint density at radius 2 is 1.48 bits per heavy atom.